The Balaban J connectivity index is 1.95. The highest BCUT2D eigenvalue weighted by Crippen LogP contribution is 2.46. The molecule has 1 saturated heterocycles. The Labute approximate surface area is 108 Å². The van der Waals surface area contributed by atoms with Crippen LogP contribution in [-0.4, -0.2) is 13.2 Å². The van der Waals surface area contributed by atoms with Gasteiger partial charge in [-0.1, -0.05) is 37.1 Å². The summed E-state index contributed by atoms with van der Waals surface area (Å²) < 4.78 is 12.0. The minimum atomic E-state index is -0.545. The summed E-state index contributed by atoms with van der Waals surface area (Å²) in [7, 11) is 0. The molecule has 94 valence electrons. The molecule has 0 aromatic heterocycles. The predicted octanol–water partition coefficient (Wildman–Crippen LogP) is 3.63. The fourth-order valence-corrected chi connectivity index (χ4v) is 3.14. The number of rotatable bonds is 2. The maximum absolute atomic E-state index is 7.00. The zero-order chi connectivity index (χ0) is 12.4. The lowest BCUT2D eigenvalue weighted by Gasteiger charge is -2.33. The summed E-state index contributed by atoms with van der Waals surface area (Å²) in [6.07, 6.45) is 4.87. The Morgan fingerprint density at radius 1 is 1.06 bits per heavy atom. The van der Waals surface area contributed by atoms with Crippen LogP contribution in [0.25, 0.3) is 4.85 Å². The first kappa shape index (κ1) is 11.7. The van der Waals surface area contributed by atoms with E-state index in [1.165, 1.54) is 25.7 Å². The number of ether oxygens (including phenoxy) is 2. The summed E-state index contributed by atoms with van der Waals surface area (Å²) in [6.45, 7) is 8.34. The molecule has 2 fully saturated rings. The molecule has 3 nitrogen and oxygen atoms in total. The van der Waals surface area contributed by atoms with Crippen LogP contribution in [0.5, 0.6) is 0 Å². The van der Waals surface area contributed by atoms with Crippen LogP contribution in [-0.2, 0) is 15.3 Å². The Bertz CT molecular complexity index is 448. The quantitative estimate of drug-likeness (QED) is 0.740. The molecule has 1 aromatic rings. The molecule has 0 atom stereocenters. The molecule has 0 N–H and O–H groups in total. The number of hydrogen-bond donors (Lipinski definition) is 0. The van der Waals surface area contributed by atoms with E-state index in [4.69, 9.17) is 16.0 Å². The van der Waals surface area contributed by atoms with Gasteiger partial charge in [0.2, 0.25) is 0 Å². The summed E-state index contributed by atoms with van der Waals surface area (Å²) in [4.78, 5) is 3.43. The van der Waals surface area contributed by atoms with E-state index in [0.717, 1.165) is 5.56 Å². The minimum absolute atomic E-state index is 0.457. The van der Waals surface area contributed by atoms with Crippen molar-refractivity contribution in [3.8, 4) is 0 Å². The highest BCUT2D eigenvalue weighted by molar-refractivity contribution is 5.46. The van der Waals surface area contributed by atoms with Crippen molar-refractivity contribution in [3.05, 3.63) is 41.2 Å². The SMILES string of the molecule is [C-]#[N+]c1ccc(C2(C3CCCC3)OCCO2)cc1. The van der Waals surface area contributed by atoms with Crippen LogP contribution >= 0.6 is 0 Å². The summed E-state index contributed by atoms with van der Waals surface area (Å²) >= 11 is 0. The predicted molar refractivity (Wildman–Crippen MR) is 68.2 cm³/mol. The molecule has 0 unspecified atom stereocenters. The first-order valence-electron chi connectivity index (χ1n) is 6.61. The van der Waals surface area contributed by atoms with Crippen molar-refractivity contribution < 1.29 is 9.47 Å². The molecular formula is C15H17NO2. The second kappa shape index (κ2) is 4.72. The molecule has 0 bridgehead atoms. The highest BCUT2D eigenvalue weighted by atomic mass is 16.7. The van der Waals surface area contributed by atoms with Gasteiger partial charge in [0.05, 0.1) is 19.8 Å². The Kier molecular flexibility index (Phi) is 3.07. The summed E-state index contributed by atoms with van der Waals surface area (Å²) in [5.74, 6) is -0.0874. The van der Waals surface area contributed by atoms with Crippen LogP contribution in [0.1, 0.15) is 31.2 Å². The average molecular weight is 243 g/mol. The van der Waals surface area contributed by atoms with Crippen molar-refractivity contribution in [1.82, 2.24) is 0 Å². The lowest BCUT2D eigenvalue weighted by atomic mass is 9.90. The van der Waals surface area contributed by atoms with Gasteiger partial charge in [-0.2, -0.15) is 0 Å². The first-order valence-corrected chi connectivity index (χ1v) is 6.61. The van der Waals surface area contributed by atoms with Gasteiger partial charge in [-0.25, -0.2) is 4.85 Å². The van der Waals surface area contributed by atoms with Crippen LogP contribution < -0.4 is 0 Å². The van der Waals surface area contributed by atoms with Crippen LogP contribution in [0.3, 0.4) is 0 Å². The third kappa shape index (κ3) is 1.82. The number of hydrogen-bond acceptors (Lipinski definition) is 2. The third-order valence-electron chi connectivity index (χ3n) is 4.01. The van der Waals surface area contributed by atoms with Gasteiger partial charge in [-0.15, -0.1) is 0 Å². The van der Waals surface area contributed by atoms with Crippen LogP contribution in [0.15, 0.2) is 24.3 Å². The van der Waals surface area contributed by atoms with E-state index in [0.29, 0.717) is 24.8 Å². The van der Waals surface area contributed by atoms with Gasteiger partial charge in [-0.05, 0) is 12.8 Å². The molecule has 3 heteroatoms. The van der Waals surface area contributed by atoms with E-state index in [-0.39, 0.29) is 0 Å². The van der Waals surface area contributed by atoms with E-state index in [1.807, 2.05) is 24.3 Å². The fourth-order valence-electron chi connectivity index (χ4n) is 3.14. The fraction of sp³-hybridized carbons (Fsp3) is 0.533. The maximum atomic E-state index is 7.00. The van der Waals surface area contributed by atoms with E-state index in [9.17, 15) is 0 Å². The zero-order valence-corrected chi connectivity index (χ0v) is 10.4. The van der Waals surface area contributed by atoms with E-state index >= 15 is 0 Å². The van der Waals surface area contributed by atoms with Crippen molar-refractivity contribution in [1.29, 1.82) is 0 Å². The largest absolute Gasteiger partial charge is 0.343 e. The summed E-state index contributed by atoms with van der Waals surface area (Å²) in [5.41, 5.74) is 1.73. The molecular weight excluding hydrogens is 226 g/mol. The standard InChI is InChI=1S/C15H17NO2/c1-16-14-8-6-13(7-9-14)15(17-10-11-18-15)12-4-2-3-5-12/h6-9,12H,2-5,10-11H2. The molecule has 0 spiro atoms. The number of nitrogens with zero attached hydrogens (tertiary/aromatic N) is 1. The molecule has 1 aliphatic carbocycles. The number of benzene rings is 1. The minimum Gasteiger partial charge on any atom is -0.343 e. The first-order chi connectivity index (χ1) is 8.85. The molecule has 1 heterocycles. The van der Waals surface area contributed by atoms with Crippen LogP contribution in [0.4, 0.5) is 5.69 Å². The highest BCUT2D eigenvalue weighted by Gasteiger charge is 2.46. The monoisotopic (exact) mass is 243 g/mol. The van der Waals surface area contributed by atoms with E-state index in [1.54, 1.807) is 0 Å². The van der Waals surface area contributed by atoms with Crippen molar-refractivity contribution in [2.75, 3.05) is 13.2 Å². The summed E-state index contributed by atoms with van der Waals surface area (Å²) in [6, 6.07) is 7.67. The molecule has 2 aliphatic rings. The smallest absolute Gasteiger partial charge is 0.197 e. The topological polar surface area (TPSA) is 22.8 Å². The van der Waals surface area contributed by atoms with Crippen LogP contribution in [0, 0.1) is 12.5 Å². The van der Waals surface area contributed by atoms with Crippen LogP contribution in [0.2, 0.25) is 0 Å². The summed E-state index contributed by atoms with van der Waals surface area (Å²) in [5, 5.41) is 0. The van der Waals surface area contributed by atoms with Gasteiger partial charge in [0.1, 0.15) is 0 Å². The van der Waals surface area contributed by atoms with E-state index in [2.05, 4.69) is 4.85 Å². The Morgan fingerprint density at radius 2 is 1.67 bits per heavy atom. The second-order valence-corrected chi connectivity index (χ2v) is 5.00. The average Bonchev–Trinajstić information content (AvgIpc) is 3.10. The van der Waals surface area contributed by atoms with Gasteiger partial charge >= 0.3 is 0 Å². The third-order valence-corrected chi connectivity index (χ3v) is 4.01. The molecule has 0 radical (unpaired) electrons. The van der Waals surface area contributed by atoms with Gasteiger partial charge < -0.3 is 9.47 Å². The maximum Gasteiger partial charge on any atom is 0.197 e. The molecule has 1 aromatic carbocycles. The normalized spacial score (nSPS) is 23.1. The molecule has 0 amide bonds. The molecule has 1 saturated carbocycles. The lowest BCUT2D eigenvalue weighted by molar-refractivity contribution is -0.203. The molecule has 3 rings (SSSR count). The van der Waals surface area contributed by atoms with Crippen molar-refractivity contribution in [2.24, 2.45) is 5.92 Å². The second-order valence-electron chi connectivity index (χ2n) is 5.00. The molecule has 18 heavy (non-hydrogen) atoms. The van der Waals surface area contributed by atoms with Crippen molar-refractivity contribution in [3.63, 3.8) is 0 Å². The van der Waals surface area contributed by atoms with Crippen molar-refractivity contribution >= 4 is 5.69 Å². The van der Waals surface area contributed by atoms with E-state index < -0.39 is 5.79 Å². The molecule has 1 aliphatic heterocycles. The van der Waals surface area contributed by atoms with Gasteiger partial charge in [-0.3, -0.25) is 0 Å². The van der Waals surface area contributed by atoms with Crippen molar-refractivity contribution in [2.45, 2.75) is 31.5 Å². The lowest BCUT2D eigenvalue weighted by Crippen LogP contribution is -2.35. The van der Waals surface area contributed by atoms with Gasteiger partial charge in [0, 0.05) is 11.5 Å². The zero-order valence-electron chi connectivity index (χ0n) is 10.4. The Morgan fingerprint density at radius 3 is 2.22 bits per heavy atom. The Hall–Kier alpha value is -1.37. The van der Waals surface area contributed by atoms with Gasteiger partial charge in [0.15, 0.2) is 11.5 Å². The van der Waals surface area contributed by atoms with Gasteiger partial charge in [0.25, 0.3) is 0 Å².